The van der Waals surface area contributed by atoms with Gasteiger partial charge in [0.25, 0.3) is 0 Å². The van der Waals surface area contributed by atoms with E-state index in [9.17, 15) is 10.1 Å². The molecule has 0 spiro atoms. The molecule has 0 saturated heterocycles. The normalized spacial score (nSPS) is 10.9. The highest BCUT2D eigenvalue weighted by atomic mass is 16.6. The van der Waals surface area contributed by atoms with E-state index in [0.717, 1.165) is 23.1 Å². The Hall–Kier alpha value is -2.43. The van der Waals surface area contributed by atoms with Crippen LogP contribution in [-0.4, -0.2) is 14.7 Å². The molecule has 0 amide bonds. The Balaban J connectivity index is 2.34. The third-order valence-electron chi connectivity index (χ3n) is 2.33. The van der Waals surface area contributed by atoms with Crippen molar-refractivity contribution in [3.8, 4) is 5.69 Å². The van der Waals surface area contributed by atoms with Crippen LogP contribution in [0.1, 0.15) is 11.3 Å². The van der Waals surface area contributed by atoms with Crippen molar-refractivity contribution in [2.75, 3.05) is 0 Å². The zero-order chi connectivity index (χ0) is 12.3. The highest BCUT2D eigenvalue weighted by molar-refractivity contribution is 5.50. The molecule has 0 radical (unpaired) electrons. The molecule has 1 heterocycles. The SMILES string of the molecule is Cc1nn(-c2ccccc2)cc1/C=C\[N+](=O)[O-]. The van der Waals surface area contributed by atoms with Crippen LogP contribution in [0.2, 0.25) is 0 Å². The van der Waals surface area contributed by atoms with E-state index in [1.807, 2.05) is 37.3 Å². The predicted octanol–water partition coefficient (Wildman–Crippen LogP) is 2.43. The first kappa shape index (κ1) is 11.1. The average Bonchev–Trinajstić information content (AvgIpc) is 2.69. The minimum atomic E-state index is -0.487. The van der Waals surface area contributed by atoms with Gasteiger partial charge < -0.3 is 0 Å². The van der Waals surface area contributed by atoms with Gasteiger partial charge in [-0.2, -0.15) is 5.10 Å². The molecule has 2 rings (SSSR count). The van der Waals surface area contributed by atoms with Gasteiger partial charge in [-0.25, -0.2) is 4.68 Å². The Morgan fingerprint density at radius 2 is 2.06 bits per heavy atom. The zero-order valence-corrected chi connectivity index (χ0v) is 9.28. The third kappa shape index (κ3) is 2.57. The van der Waals surface area contributed by atoms with Crippen molar-refractivity contribution in [1.82, 2.24) is 9.78 Å². The minimum Gasteiger partial charge on any atom is -0.259 e. The van der Waals surface area contributed by atoms with Crippen molar-refractivity contribution < 1.29 is 4.92 Å². The number of nitro groups is 1. The molecule has 1 aromatic carbocycles. The van der Waals surface area contributed by atoms with Gasteiger partial charge in [-0.15, -0.1) is 0 Å². The minimum absolute atomic E-state index is 0.487. The summed E-state index contributed by atoms with van der Waals surface area (Å²) in [5, 5.41) is 14.6. The Bertz CT molecular complexity index is 558. The molecule has 1 aromatic heterocycles. The summed E-state index contributed by atoms with van der Waals surface area (Å²) in [6.07, 6.45) is 4.13. The maximum Gasteiger partial charge on any atom is 0.235 e. The fraction of sp³-hybridized carbons (Fsp3) is 0.0833. The topological polar surface area (TPSA) is 61.0 Å². The average molecular weight is 229 g/mol. The fourth-order valence-corrected chi connectivity index (χ4v) is 1.49. The van der Waals surface area contributed by atoms with E-state index in [4.69, 9.17) is 0 Å². The molecule has 86 valence electrons. The number of hydrogen-bond acceptors (Lipinski definition) is 3. The van der Waals surface area contributed by atoms with Crippen LogP contribution in [0.15, 0.2) is 42.7 Å². The molecule has 0 atom stereocenters. The molecule has 0 unspecified atom stereocenters. The number of hydrogen-bond donors (Lipinski definition) is 0. The third-order valence-corrected chi connectivity index (χ3v) is 2.33. The Morgan fingerprint density at radius 3 is 2.71 bits per heavy atom. The van der Waals surface area contributed by atoms with E-state index >= 15 is 0 Å². The number of nitrogens with zero attached hydrogens (tertiary/aromatic N) is 3. The first-order chi connectivity index (χ1) is 8.16. The van der Waals surface area contributed by atoms with Gasteiger partial charge in [0.05, 0.1) is 16.3 Å². The van der Waals surface area contributed by atoms with E-state index in [-0.39, 0.29) is 0 Å². The quantitative estimate of drug-likeness (QED) is 0.599. The number of para-hydroxylation sites is 1. The van der Waals surface area contributed by atoms with Crippen LogP contribution in [-0.2, 0) is 0 Å². The van der Waals surface area contributed by atoms with Crippen molar-refractivity contribution in [3.63, 3.8) is 0 Å². The van der Waals surface area contributed by atoms with Gasteiger partial charge >= 0.3 is 0 Å². The number of aromatic nitrogens is 2. The molecule has 0 aliphatic rings. The standard InChI is InChI=1S/C12H11N3O2/c1-10-11(7-8-15(16)17)9-14(13-10)12-5-3-2-4-6-12/h2-9H,1H3/b8-7-. The second kappa shape index (κ2) is 4.61. The molecule has 0 saturated carbocycles. The van der Waals surface area contributed by atoms with Crippen LogP contribution in [0.3, 0.4) is 0 Å². The van der Waals surface area contributed by atoms with Gasteiger partial charge in [-0.3, -0.25) is 10.1 Å². The first-order valence-corrected chi connectivity index (χ1v) is 5.10. The maximum absolute atomic E-state index is 10.3. The number of rotatable bonds is 3. The molecule has 0 aliphatic heterocycles. The summed E-state index contributed by atoms with van der Waals surface area (Å²) in [7, 11) is 0. The van der Waals surface area contributed by atoms with Gasteiger partial charge in [-0.05, 0) is 19.1 Å². The molecular weight excluding hydrogens is 218 g/mol. The first-order valence-electron chi connectivity index (χ1n) is 5.10. The number of benzene rings is 1. The van der Waals surface area contributed by atoms with E-state index in [1.165, 1.54) is 6.08 Å². The lowest BCUT2D eigenvalue weighted by Crippen LogP contribution is -1.93. The molecular formula is C12H11N3O2. The van der Waals surface area contributed by atoms with E-state index in [1.54, 1.807) is 10.9 Å². The van der Waals surface area contributed by atoms with E-state index in [2.05, 4.69) is 5.10 Å². The molecule has 0 fully saturated rings. The number of aryl methyl sites for hydroxylation is 1. The zero-order valence-electron chi connectivity index (χ0n) is 9.28. The molecule has 5 nitrogen and oxygen atoms in total. The molecule has 2 aromatic rings. The lowest BCUT2D eigenvalue weighted by Gasteiger charge is -1.98. The van der Waals surface area contributed by atoms with Gasteiger partial charge in [-0.1, -0.05) is 18.2 Å². The summed E-state index contributed by atoms with van der Waals surface area (Å²) in [6.45, 7) is 1.82. The van der Waals surface area contributed by atoms with Gasteiger partial charge in [0.2, 0.25) is 6.20 Å². The lowest BCUT2D eigenvalue weighted by molar-refractivity contribution is -0.400. The lowest BCUT2D eigenvalue weighted by atomic mass is 10.2. The highest BCUT2D eigenvalue weighted by Crippen LogP contribution is 2.12. The van der Waals surface area contributed by atoms with Crippen molar-refractivity contribution in [1.29, 1.82) is 0 Å². The second-order valence-electron chi connectivity index (χ2n) is 3.55. The van der Waals surface area contributed by atoms with Crippen molar-refractivity contribution in [2.24, 2.45) is 0 Å². The Labute approximate surface area is 98.2 Å². The van der Waals surface area contributed by atoms with Crippen LogP contribution in [0.5, 0.6) is 0 Å². The van der Waals surface area contributed by atoms with Gasteiger partial charge in [0.1, 0.15) is 0 Å². The van der Waals surface area contributed by atoms with Gasteiger partial charge in [0, 0.05) is 17.8 Å². The summed E-state index contributed by atoms with van der Waals surface area (Å²) in [4.78, 5) is 9.77. The van der Waals surface area contributed by atoms with Crippen molar-refractivity contribution >= 4 is 6.08 Å². The van der Waals surface area contributed by atoms with Crippen LogP contribution < -0.4 is 0 Å². The highest BCUT2D eigenvalue weighted by Gasteiger charge is 2.04. The van der Waals surface area contributed by atoms with Crippen molar-refractivity contribution in [3.05, 3.63) is 64.1 Å². The summed E-state index contributed by atoms with van der Waals surface area (Å²) in [5.41, 5.74) is 2.42. The summed E-state index contributed by atoms with van der Waals surface area (Å²) >= 11 is 0. The fourth-order valence-electron chi connectivity index (χ4n) is 1.49. The van der Waals surface area contributed by atoms with E-state index < -0.39 is 4.92 Å². The van der Waals surface area contributed by atoms with Crippen LogP contribution in [0, 0.1) is 17.0 Å². The monoisotopic (exact) mass is 229 g/mol. The van der Waals surface area contributed by atoms with Crippen molar-refractivity contribution in [2.45, 2.75) is 6.92 Å². The maximum atomic E-state index is 10.3. The summed E-state index contributed by atoms with van der Waals surface area (Å²) in [5.74, 6) is 0. The summed E-state index contributed by atoms with van der Waals surface area (Å²) in [6, 6.07) is 9.60. The molecule has 5 heteroatoms. The predicted molar refractivity (Wildman–Crippen MR) is 64.3 cm³/mol. The molecule has 0 N–H and O–H groups in total. The molecule has 0 bridgehead atoms. The largest absolute Gasteiger partial charge is 0.259 e. The Kier molecular flexibility index (Phi) is 3.00. The Morgan fingerprint density at radius 1 is 1.35 bits per heavy atom. The van der Waals surface area contributed by atoms with Crippen LogP contribution >= 0.6 is 0 Å². The van der Waals surface area contributed by atoms with E-state index in [0.29, 0.717) is 0 Å². The summed E-state index contributed by atoms with van der Waals surface area (Å²) < 4.78 is 1.70. The van der Waals surface area contributed by atoms with Crippen LogP contribution in [0.25, 0.3) is 11.8 Å². The molecule has 0 aliphatic carbocycles. The molecule has 17 heavy (non-hydrogen) atoms. The van der Waals surface area contributed by atoms with Gasteiger partial charge in [0.15, 0.2) is 0 Å². The smallest absolute Gasteiger partial charge is 0.235 e. The van der Waals surface area contributed by atoms with Crippen LogP contribution in [0.4, 0.5) is 0 Å². The second-order valence-corrected chi connectivity index (χ2v) is 3.55.